The van der Waals surface area contributed by atoms with Crippen molar-refractivity contribution in [3.8, 4) is 0 Å². The zero-order valence-corrected chi connectivity index (χ0v) is 12.9. The first-order valence-corrected chi connectivity index (χ1v) is 6.62. The maximum absolute atomic E-state index is 4.36. The average molecular weight is 364 g/mol. The summed E-state index contributed by atoms with van der Waals surface area (Å²) in [5.74, 6) is 0.911. The quantitative estimate of drug-likeness (QED) is 0.635. The number of pyridine rings is 1. The number of hydrogen-bond acceptors (Lipinski definition) is 5. The first kappa shape index (κ1) is 14.6. The summed E-state index contributed by atoms with van der Waals surface area (Å²) in [6.07, 6.45) is 5.00. The summed E-state index contributed by atoms with van der Waals surface area (Å²) in [5.41, 5.74) is 1.23. The molecule has 2 rings (SSSR count). The highest BCUT2D eigenvalue weighted by molar-refractivity contribution is 14.0. The Morgan fingerprint density at radius 2 is 2.41 bits per heavy atom. The number of aromatic nitrogens is 1. The van der Waals surface area contributed by atoms with Crippen LogP contribution in [0.2, 0.25) is 0 Å². The maximum atomic E-state index is 4.36. The predicted octanol–water partition coefficient (Wildman–Crippen LogP) is 1.86. The highest BCUT2D eigenvalue weighted by Crippen LogP contribution is 2.12. The van der Waals surface area contributed by atoms with Gasteiger partial charge in [-0.05, 0) is 30.4 Å². The van der Waals surface area contributed by atoms with E-state index in [1.54, 1.807) is 11.8 Å². The molecule has 2 heterocycles. The van der Waals surface area contributed by atoms with Crippen LogP contribution in [0, 0.1) is 0 Å². The highest BCUT2D eigenvalue weighted by Gasteiger charge is 2.03. The first-order valence-electron chi connectivity index (χ1n) is 5.39. The maximum Gasteiger partial charge on any atom is 0.191 e. The molecule has 0 spiro atoms. The minimum Gasteiger partial charge on any atom is -0.356 e. The molecule has 0 unspecified atom stereocenters. The second-order valence-corrected chi connectivity index (χ2v) is 4.40. The Hall–Kier alpha value is -0.500. The Labute approximate surface area is 123 Å². The number of nitrogens with one attached hydrogen (secondary N) is 2. The molecule has 0 atom stereocenters. The van der Waals surface area contributed by atoms with E-state index in [1.807, 2.05) is 18.5 Å². The van der Waals surface area contributed by atoms with Crippen molar-refractivity contribution in [3.63, 3.8) is 0 Å². The van der Waals surface area contributed by atoms with Gasteiger partial charge in [-0.15, -0.1) is 35.7 Å². The van der Waals surface area contributed by atoms with Gasteiger partial charge in [-0.1, -0.05) is 0 Å². The lowest BCUT2D eigenvalue weighted by atomic mass is 10.3. The molecular weight excluding hydrogens is 347 g/mol. The van der Waals surface area contributed by atoms with Gasteiger partial charge >= 0.3 is 0 Å². The minimum absolute atomic E-state index is 0. The molecule has 0 saturated heterocycles. The molecule has 0 aromatic carbocycles. The topological polar surface area (TPSA) is 49.3 Å². The van der Waals surface area contributed by atoms with E-state index in [9.17, 15) is 0 Å². The third-order valence-electron chi connectivity index (χ3n) is 2.37. The Morgan fingerprint density at radius 3 is 3.12 bits per heavy atom. The van der Waals surface area contributed by atoms with Crippen LogP contribution >= 0.6 is 35.7 Å². The molecule has 0 aliphatic carbocycles. The van der Waals surface area contributed by atoms with Crippen LogP contribution in [-0.4, -0.2) is 30.3 Å². The minimum atomic E-state index is 0. The molecule has 0 amide bonds. The zero-order valence-electron chi connectivity index (χ0n) is 9.77. The normalized spacial score (nSPS) is 14.3. The van der Waals surface area contributed by atoms with E-state index in [-0.39, 0.29) is 24.0 Å². The molecule has 1 aliphatic heterocycles. The monoisotopic (exact) mass is 364 g/mol. The Morgan fingerprint density at radius 1 is 1.53 bits per heavy atom. The molecule has 1 aliphatic rings. The van der Waals surface area contributed by atoms with Crippen LogP contribution < -0.4 is 10.6 Å². The molecule has 0 saturated carbocycles. The lowest BCUT2D eigenvalue weighted by Gasteiger charge is -2.16. The van der Waals surface area contributed by atoms with E-state index >= 15 is 0 Å². The van der Waals surface area contributed by atoms with Crippen molar-refractivity contribution in [3.05, 3.63) is 23.9 Å². The van der Waals surface area contributed by atoms with Crippen molar-refractivity contribution in [2.24, 2.45) is 4.99 Å². The van der Waals surface area contributed by atoms with Gasteiger partial charge in [0.2, 0.25) is 0 Å². The smallest absolute Gasteiger partial charge is 0.191 e. The van der Waals surface area contributed by atoms with Gasteiger partial charge in [0, 0.05) is 25.8 Å². The second-order valence-electron chi connectivity index (χ2n) is 3.57. The van der Waals surface area contributed by atoms with Crippen LogP contribution in [0.4, 0.5) is 0 Å². The zero-order chi connectivity index (χ0) is 11.2. The molecule has 1 aromatic rings. The average Bonchev–Trinajstić information content (AvgIpc) is 2.38. The van der Waals surface area contributed by atoms with Crippen LogP contribution in [-0.2, 0) is 6.54 Å². The van der Waals surface area contributed by atoms with Crippen LogP contribution in [0.1, 0.15) is 12.0 Å². The van der Waals surface area contributed by atoms with Crippen molar-refractivity contribution >= 4 is 41.7 Å². The Kier molecular flexibility index (Phi) is 6.64. The van der Waals surface area contributed by atoms with Gasteiger partial charge in [-0.3, -0.25) is 4.99 Å². The number of rotatable bonds is 3. The summed E-state index contributed by atoms with van der Waals surface area (Å²) >= 11 is 1.66. The van der Waals surface area contributed by atoms with Gasteiger partial charge in [0.05, 0.1) is 5.03 Å². The third kappa shape index (κ3) is 4.71. The number of hydrogen-bond donors (Lipinski definition) is 2. The van der Waals surface area contributed by atoms with E-state index < -0.39 is 0 Å². The van der Waals surface area contributed by atoms with Crippen molar-refractivity contribution < 1.29 is 0 Å². The largest absolute Gasteiger partial charge is 0.356 e. The fraction of sp³-hybridized carbons (Fsp3) is 0.455. The van der Waals surface area contributed by atoms with E-state index in [2.05, 4.69) is 26.7 Å². The number of thioether (sulfide) groups is 1. The fourth-order valence-corrected chi connectivity index (χ4v) is 1.94. The molecule has 94 valence electrons. The van der Waals surface area contributed by atoms with Crippen LogP contribution in [0.25, 0.3) is 0 Å². The molecule has 2 N–H and O–H groups in total. The van der Waals surface area contributed by atoms with Gasteiger partial charge in [-0.25, -0.2) is 4.98 Å². The van der Waals surface area contributed by atoms with Crippen molar-refractivity contribution in [1.82, 2.24) is 15.6 Å². The molecular formula is C11H17IN4S. The van der Waals surface area contributed by atoms with Gasteiger partial charge in [0.15, 0.2) is 5.96 Å². The molecule has 4 nitrogen and oxygen atoms in total. The highest BCUT2D eigenvalue weighted by atomic mass is 127. The van der Waals surface area contributed by atoms with Gasteiger partial charge in [0.25, 0.3) is 0 Å². The Bertz CT molecular complexity index is 383. The Balaban J connectivity index is 0.00000144. The number of aliphatic imine (C=N–C) groups is 1. The standard InChI is InChI=1S/C11H16N4S.HI/c1-16-10-7-9(3-6-12-10)8-15-11-13-4-2-5-14-11;/h3,6-7H,2,4-5,8H2,1H3,(H2,13,14,15);1H. The molecule has 0 fully saturated rings. The van der Waals surface area contributed by atoms with Crippen molar-refractivity contribution in [2.45, 2.75) is 18.0 Å². The van der Waals surface area contributed by atoms with Crippen LogP contribution in [0.5, 0.6) is 0 Å². The lowest BCUT2D eigenvalue weighted by molar-refractivity contribution is 0.701. The summed E-state index contributed by atoms with van der Waals surface area (Å²) < 4.78 is 0. The van der Waals surface area contributed by atoms with Gasteiger partial charge in [0.1, 0.15) is 0 Å². The van der Waals surface area contributed by atoms with Crippen molar-refractivity contribution in [1.29, 1.82) is 0 Å². The molecule has 0 radical (unpaired) electrons. The van der Waals surface area contributed by atoms with E-state index in [0.717, 1.165) is 37.0 Å². The summed E-state index contributed by atoms with van der Waals surface area (Å²) in [5, 5.41) is 7.58. The first-order chi connectivity index (χ1) is 7.88. The van der Waals surface area contributed by atoms with E-state index in [1.165, 1.54) is 5.56 Å². The molecule has 1 aromatic heterocycles. The summed E-state index contributed by atoms with van der Waals surface area (Å²) in [6, 6.07) is 4.12. The van der Waals surface area contributed by atoms with Crippen molar-refractivity contribution in [2.75, 3.05) is 19.3 Å². The number of halogens is 1. The number of nitrogens with zero attached hydrogens (tertiary/aromatic N) is 2. The lowest BCUT2D eigenvalue weighted by Crippen LogP contribution is -2.40. The van der Waals surface area contributed by atoms with Gasteiger partial charge in [-0.2, -0.15) is 0 Å². The summed E-state index contributed by atoms with van der Waals surface area (Å²) in [7, 11) is 0. The van der Waals surface area contributed by atoms with Crippen LogP contribution in [0.15, 0.2) is 28.3 Å². The summed E-state index contributed by atoms with van der Waals surface area (Å²) in [6.45, 7) is 2.72. The SMILES string of the molecule is CSc1cc(CNC2=NCCCN2)ccn1.I. The molecule has 6 heteroatoms. The number of guanidine groups is 1. The molecule has 17 heavy (non-hydrogen) atoms. The molecule has 0 bridgehead atoms. The predicted molar refractivity (Wildman–Crippen MR) is 83.2 cm³/mol. The van der Waals surface area contributed by atoms with E-state index in [4.69, 9.17) is 0 Å². The third-order valence-corrected chi connectivity index (χ3v) is 3.01. The second kappa shape index (κ2) is 7.75. The fourth-order valence-electron chi connectivity index (χ4n) is 1.51. The van der Waals surface area contributed by atoms with E-state index in [0.29, 0.717) is 0 Å². The van der Waals surface area contributed by atoms with Gasteiger partial charge < -0.3 is 10.6 Å². The summed E-state index contributed by atoms with van der Waals surface area (Å²) in [4.78, 5) is 8.60. The van der Waals surface area contributed by atoms with Crippen LogP contribution in [0.3, 0.4) is 0 Å².